The van der Waals surface area contributed by atoms with E-state index in [2.05, 4.69) is 0 Å². The van der Waals surface area contributed by atoms with Gasteiger partial charge in [-0.05, 0) is 61.2 Å². The van der Waals surface area contributed by atoms with Crippen LogP contribution < -0.4 is 9.80 Å². The molecule has 0 radical (unpaired) electrons. The van der Waals surface area contributed by atoms with Gasteiger partial charge in [0.25, 0.3) is 17.5 Å². The maximum absolute atomic E-state index is 14.3. The fourth-order valence-electron chi connectivity index (χ4n) is 7.45. The first kappa shape index (κ1) is 29.1. The summed E-state index contributed by atoms with van der Waals surface area (Å²) in [5.74, 6) is -7.51. The molecule has 7 rings (SSSR count). The number of benzene rings is 3. The van der Waals surface area contributed by atoms with Crippen LogP contribution in [-0.2, 0) is 19.2 Å². The Morgan fingerprint density at radius 2 is 1.47 bits per heavy atom. The number of nitro benzene ring substituents is 1. The van der Waals surface area contributed by atoms with Crippen LogP contribution in [0.5, 0.6) is 5.75 Å². The molecule has 10 nitrogen and oxygen atoms in total. The van der Waals surface area contributed by atoms with Gasteiger partial charge in [0.1, 0.15) is 11.6 Å². The number of halogens is 3. The van der Waals surface area contributed by atoms with Crippen molar-refractivity contribution in [2.24, 2.45) is 17.8 Å². The minimum atomic E-state index is -2.17. The summed E-state index contributed by atoms with van der Waals surface area (Å²) < 4.78 is 13.8. The van der Waals surface area contributed by atoms with Gasteiger partial charge in [0.15, 0.2) is 9.75 Å². The first-order chi connectivity index (χ1) is 21.4. The summed E-state index contributed by atoms with van der Waals surface area (Å²) in [4.78, 5) is 64.3. The van der Waals surface area contributed by atoms with Crippen molar-refractivity contribution >= 4 is 63.9 Å². The van der Waals surface area contributed by atoms with E-state index in [0.29, 0.717) is 5.57 Å². The highest BCUT2D eigenvalue weighted by molar-refractivity contribution is 6.58. The van der Waals surface area contributed by atoms with E-state index >= 15 is 0 Å². The summed E-state index contributed by atoms with van der Waals surface area (Å²) in [7, 11) is 0. The zero-order valence-electron chi connectivity index (χ0n) is 23.1. The number of amides is 4. The highest BCUT2D eigenvalue weighted by Crippen LogP contribution is 2.66. The highest BCUT2D eigenvalue weighted by Gasteiger charge is 2.76. The van der Waals surface area contributed by atoms with Gasteiger partial charge >= 0.3 is 0 Å². The molecule has 0 aromatic heterocycles. The fourth-order valence-corrected chi connectivity index (χ4v) is 8.38. The number of hydrogen-bond acceptors (Lipinski definition) is 7. The molecule has 2 saturated heterocycles. The molecule has 0 unspecified atom stereocenters. The maximum atomic E-state index is 14.3. The number of imide groups is 2. The number of alkyl halides is 2. The zero-order chi connectivity index (χ0) is 32.0. The van der Waals surface area contributed by atoms with Crippen LogP contribution in [0, 0.1) is 33.7 Å². The predicted octanol–water partition coefficient (Wildman–Crippen LogP) is 5.21. The molecule has 0 bridgehead atoms. The first-order valence-corrected chi connectivity index (χ1v) is 14.8. The number of hydrogen-bond donors (Lipinski definition) is 1. The van der Waals surface area contributed by atoms with Crippen LogP contribution >= 0.6 is 23.2 Å². The lowest BCUT2D eigenvalue weighted by Crippen LogP contribution is -2.60. The summed E-state index contributed by atoms with van der Waals surface area (Å²) in [6.07, 6.45) is 1.54. The fraction of sp³-hybridized carbons (Fsp3) is 0.250. The van der Waals surface area contributed by atoms with E-state index < -0.39 is 67.8 Å². The Hall–Kier alpha value is -4.61. The van der Waals surface area contributed by atoms with Crippen LogP contribution in [0.25, 0.3) is 0 Å². The number of rotatable bonds is 4. The summed E-state index contributed by atoms with van der Waals surface area (Å²) in [6.45, 7) is 0. The predicted molar refractivity (Wildman–Crippen MR) is 160 cm³/mol. The highest BCUT2D eigenvalue weighted by atomic mass is 35.5. The average molecular weight is 650 g/mol. The zero-order valence-corrected chi connectivity index (χ0v) is 24.6. The molecule has 1 N–H and O–H groups in total. The molecule has 4 aliphatic rings. The van der Waals surface area contributed by atoms with Crippen LogP contribution in [0.3, 0.4) is 0 Å². The molecule has 4 amide bonds. The van der Waals surface area contributed by atoms with Crippen molar-refractivity contribution in [2.75, 3.05) is 9.80 Å². The molecule has 1 saturated carbocycles. The molecule has 0 spiro atoms. The Bertz CT molecular complexity index is 1870. The number of allylic oxidation sites excluding steroid dienone is 2. The molecule has 3 aromatic rings. The minimum absolute atomic E-state index is 0.0446. The number of carbonyl (C=O) groups is 4. The SMILES string of the molecule is O=C1[C@H]2[C@H](CC=C3[C@H]2C[C@@]2(Cl)C(=O)N(c4ccc(F)cc4)C(=O)[C@@]2(Cl)[C@H]3c2ccccc2O)C(=O)N1c1ccc([N+](=O)[O-])cc1. The molecule has 2 aliphatic carbocycles. The van der Waals surface area contributed by atoms with E-state index in [-0.39, 0.29) is 41.2 Å². The van der Waals surface area contributed by atoms with Crippen molar-refractivity contribution in [3.63, 3.8) is 0 Å². The lowest BCUT2D eigenvalue weighted by molar-refractivity contribution is -0.384. The second kappa shape index (κ2) is 9.95. The third kappa shape index (κ3) is 3.86. The second-order valence-electron chi connectivity index (χ2n) is 11.6. The van der Waals surface area contributed by atoms with Gasteiger partial charge in [-0.3, -0.25) is 34.2 Å². The van der Waals surface area contributed by atoms with Crippen LogP contribution in [0.4, 0.5) is 21.5 Å². The van der Waals surface area contributed by atoms with E-state index in [1.165, 1.54) is 42.5 Å². The number of fused-ring (bicyclic) bond motifs is 4. The van der Waals surface area contributed by atoms with Crippen molar-refractivity contribution < 1.29 is 33.6 Å². The third-order valence-electron chi connectivity index (χ3n) is 9.46. The number of phenolic OH excluding ortho intramolecular Hbond substituents is 1. The van der Waals surface area contributed by atoms with E-state index in [1.807, 2.05) is 0 Å². The molecule has 228 valence electrons. The molecule has 2 heterocycles. The van der Waals surface area contributed by atoms with Gasteiger partial charge in [-0.2, -0.15) is 0 Å². The number of anilines is 2. The number of phenols is 1. The van der Waals surface area contributed by atoms with Crippen molar-refractivity contribution in [2.45, 2.75) is 28.5 Å². The normalized spacial score (nSPS) is 30.6. The quantitative estimate of drug-likeness (QED) is 0.135. The Morgan fingerprint density at radius 3 is 2.11 bits per heavy atom. The van der Waals surface area contributed by atoms with Gasteiger partial charge in [-0.15, -0.1) is 23.2 Å². The van der Waals surface area contributed by atoms with Crippen molar-refractivity contribution in [1.29, 1.82) is 0 Å². The summed E-state index contributed by atoms with van der Waals surface area (Å²) in [5.41, 5.74) is 0.676. The van der Waals surface area contributed by atoms with E-state index in [0.717, 1.165) is 21.9 Å². The van der Waals surface area contributed by atoms with Gasteiger partial charge in [0.2, 0.25) is 11.8 Å². The number of aromatic hydroxyl groups is 1. The molecule has 2 aliphatic heterocycles. The van der Waals surface area contributed by atoms with E-state index in [4.69, 9.17) is 23.2 Å². The van der Waals surface area contributed by atoms with Crippen molar-refractivity contribution in [3.05, 3.63) is 106 Å². The van der Waals surface area contributed by atoms with Crippen LogP contribution in [-0.4, -0.2) is 43.4 Å². The topological polar surface area (TPSA) is 138 Å². The van der Waals surface area contributed by atoms with Gasteiger partial charge in [0.05, 0.1) is 28.1 Å². The number of carbonyl (C=O) groups excluding carboxylic acids is 4. The lowest BCUT2D eigenvalue weighted by atomic mass is 9.56. The molecular formula is C32H22Cl2FN3O7. The third-order valence-corrected chi connectivity index (χ3v) is 10.9. The Labute approximate surface area is 264 Å². The lowest BCUT2D eigenvalue weighted by Gasteiger charge is -2.50. The Balaban J connectivity index is 1.37. The van der Waals surface area contributed by atoms with Crippen LogP contribution in [0.15, 0.2) is 84.4 Å². The summed E-state index contributed by atoms with van der Waals surface area (Å²) in [5, 5.41) is 22.2. The maximum Gasteiger partial charge on any atom is 0.269 e. The van der Waals surface area contributed by atoms with Gasteiger partial charge in [-0.1, -0.05) is 29.8 Å². The first-order valence-electron chi connectivity index (χ1n) is 14.0. The summed E-state index contributed by atoms with van der Waals surface area (Å²) in [6, 6.07) is 15.9. The minimum Gasteiger partial charge on any atom is -0.508 e. The number of nitrogens with zero attached hydrogens (tertiary/aromatic N) is 3. The van der Waals surface area contributed by atoms with Crippen molar-refractivity contribution in [3.8, 4) is 5.75 Å². The van der Waals surface area contributed by atoms with Gasteiger partial charge in [0, 0.05) is 23.6 Å². The van der Waals surface area contributed by atoms with E-state index in [9.17, 15) is 38.8 Å². The standard InChI is InChI=1S/C32H22Cl2FN3O7/c33-31-15-23-20(13-14-22-25(23)28(41)36(27(22)40)17-9-11-19(12-10-17)38(44)45)26(21-3-1-2-4-24(21)39)32(31,34)30(43)37(29(31)42)18-7-5-16(35)6-8-18/h1-13,22-23,25-26,39H,14-15H2/t22-,23+,25-,26+,31+,32-/m0/s1. The second-order valence-corrected chi connectivity index (χ2v) is 12.8. The number of para-hydroxylation sites is 1. The van der Waals surface area contributed by atoms with Crippen LogP contribution in [0.2, 0.25) is 0 Å². The smallest absolute Gasteiger partial charge is 0.269 e. The molecular weight excluding hydrogens is 628 g/mol. The molecule has 6 atom stereocenters. The van der Waals surface area contributed by atoms with Gasteiger partial charge < -0.3 is 5.11 Å². The summed E-state index contributed by atoms with van der Waals surface area (Å²) >= 11 is 14.5. The largest absolute Gasteiger partial charge is 0.508 e. The molecule has 3 aromatic carbocycles. The molecule has 13 heteroatoms. The van der Waals surface area contributed by atoms with Crippen molar-refractivity contribution in [1.82, 2.24) is 0 Å². The molecule has 45 heavy (non-hydrogen) atoms. The number of non-ortho nitro benzene ring substituents is 1. The Kier molecular flexibility index (Phi) is 6.44. The van der Waals surface area contributed by atoms with Gasteiger partial charge in [-0.25, -0.2) is 9.29 Å². The number of nitro groups is 1. The van der Waals surface area contributed by atoms with Crippen LogP contribution in [0.1, 0.15) is 24.3 Å². The average Bonchev–Trinajstić information content (AvgIpc) is 3.36. The van der Waals surface area contributed by atoms with E-state index in [1.54, 1.807) is 24.3 Å². The monoisotopic (exact) mass is 649 g/mol. The Morgan fingerprint density at radius 1 is 0.844 bits per heavy atom. The molecule has 3 fully saturated rings.